The van der Waals surface area contributed by atoms with Gasteiger partial charge in [-0.15, -0.1) is 0 Å². The summed E-state index contributed by atoms with van der Waals surface area (Å²) >= 11 is 6.30. The monoisotopic (exact) mass is 363 g/mol. The molecule has 6 nitrogen and oxygen atoms in total. The number of nitrogens with one attached hydrogen (secondary N) is 1. The second kappa shape index (κ2) is 8.67. The third-order valence-electron chi connectivity index (χ3n) is 3.80. The van der Waals surface area contributed by atoms with Gasteiger partial charge in [0.2, 0.25) is 0 Å². The van der Waals surface area contributed by atoms with E-state index >= 15 is 0 Å². The number of hydrogen-bond acceptors (Lipinski definition) is 4. The molecule has 0 bridgehead atoms. The van der Waals surface area contributed by atoms with Gasteiger partial charge in [0, 0.05) is 6.04 Å². The number of halogens is 1. The van der Waals surface area contributed by atoms with Crippen LogP contribution in [0.1, 0.15) is 41.9 Å². The first-order chi connectivity index (χ1) is 11.9. The van der Waals surface area contributed by atoms with Crippen LogP contribution < -0.4 is 5.32 Å². The highest BCUT2D eigenvalue weighted by Crippen LogP contribution is 2.21. The topological polar surface area (TPSA) is 73.2 Å². The molecular formula is C18H22ClN3O3. The number of ether oxygens (including phenoxy) is 1. The summed E-state index contributed by atoms with van der Waals surface area (Å²) < 4.78 is 6.62. The third kappa shape index (κ3) is 5.06. The molecule has 0 unspecified atom stereocenters. The Hall–Kier alpha value is -2.34. The van der Waals surface area contributed by atoms with Gasteiger partial charge in [0.05, 0.1) is 12.2 Å². The fraction of sp³-hybridized carbons (Fsp3) is 0.389. The summed E-state index contributed by atoms with van der Waals surface area (Å²) in [6.45, 7) is 5.63. The first-order valence-electron chi connectivity index (χ1n) is 8.15. The highest BCUT2D eigenvalue weighted by Gasteiger charge is 2.22. The van der Waals surface area contributed by atoms with Crippen molar-refractivity contribution in [3.8, 4) is 0 Å². The molecule has 1 N–H and O–H groups in total. The summed E-state index contributed by atoms with van der Waals surface area (Å²) in [5, 5.41) is 7.23. The average molecular weight is 364 g/mol. The van der Waals surface area contributed by atoms with Gasteiger partial charge in [-0.25, -0.2) is 9.48 Å². The quantitative estimate of drug-likeness (QED) is 0.767. The Labute approximate surface area is 152 Å². The lowest BCUT2D eigenvalue weighted by molar-refractivity contribution is -0.124. The van der Waals surface area contributed by atoms with Crippen LogP contribution in [0.15, 0.2) is 30.3 Å². The molecule has 0 saturated heterocycles. The van der Waals surface area contributed by atoms with Crippen LogP contribution >= 0.6 is 11.6 Å². The van der Waals surface area contributed by atoms with Crippen LogP contribution in [0.3, 0.4) is 0 Å². The normalized spacial score (nSPS) is 11.8. The van der Waals surface area contributed by atoms with Gasteiger partial charge in [-0.3, -0.25) is 4.79 Å². The smallest absolute Gasteiger partial charge is 0.343 e. The van der Waals surface area contributed by atoms with E-state index in [9.17, 15) is 9.59 Å². The van der Waals surface area contributed by atoms with Gasteiger partial charge in [0.1, 0.15) is 10.7 Å². The van der Waals surface area contributed by atoms with Crippen LogP contribution in [0.4, 0.5) is 0 Å². The molecule has 1 aromatic carbocycles. The van der Waals surface area contributed by atoms with Gasteiger partial charge >= 0.3 is 5.97 Å². The van der Waals surface area contributed by atoms with Gasteiger partial charge in [-0.05, 0) is 25.8 Å². The van der Waals surface area contributed by atoms with E-state index in [1.165, 1.54) is 0 Å². The number of hydrogen-bond donors (Lipinski definition) is 1. The molecule has 0 aliphatic rings. The zero-order chi connectivity index (χ0) is 18.4. The third-order valence-corrected chi connectivity index (χ3v) is 4.18. The van der Waals surface area contributed by atoms with E-state index in [1.807, 2.05) is 44.2 Å². The molecule has 0 saturated carbocycles. The Balaban J connectivity index is 2.04. The number of carbonyl (C=O) groups excluding carboxylic acids is 2. The molecule has 2 aromatic rings. The van der Waals surface area contributed by atoms with Crippen LogP contribution in [0.5, 0.6) is 0 Å². The minimum absolute atomic E-state index is 0.0325. The molecular weight excluding hydrogens is 342 g/mol. The molecule has 2 rings (SSSR count). The summed E-state index contributed by atoms with van der Waals surface area (Å²) in [7, 11) is 0. The van der Waals surface area contributed by atoms with Gasteiger partial charge < -0.3 is 10.1 Å². The second-order valence-corrected chi connectivity index (χ2v) is 6.21. The summed E-state index contributed by atoms with van der Waals surface area (Å²) in [5.74, 6) is -0.991. The van der Waals surface area contributed by atoms with Crippen molar-refractivity contribution >= 4 is 23.5 Å². The summed E-state index contributed by atoms with van der Waals surface area (Å²) in [5.41, 5.74) is 1.67. The number of aryl methyl sites for hydroxylation is 1. The van der Waals surface area contributed by atoms with E-state index < -0.39 is 5.97 Å². The van der Waals surface area contributed by atoms with Gasteiger partial charge in [-0.2, -0.15) is 5.10 Å². The molecule has 0 aliphatic carbocycles. The lowest BCUT2D eigenvalue weighted by atomic mass is 10.2. The van der Waals surface area contributed by atoms with Crippen LogP contribution in [-0.2, 0) is 16.1 Å². The van der Waals surface area contributed by atoms with Gasteiger partial charge in [-0.1, -0.05) is 48.9 Å². The number of nitrogens with zero attached hydrogens (tertiary/aromatic N) is 2. The van der Waals surface area contributed by atoms with Crippen molar-refractivity contribution in [1.29, 1.82) is 0 Å². The Morgan fingerprint density at radius 2 is 2.00 bits per heavy atom. The first-order valence-corrected chi connectivity index (χ1v) is 8.53. The van der Waals surface area contributed by atoms with Crippen LogP contribution in [0.25, 0.3) is 0 Å². The van der Waals surface area contributed by atoms with Crippen molar-refractivity contribution in [1.82, 2.24) is 15.1 Å². The van der Waals surface area contributed by atoms with E-state index in [-0.39, 0.29) is 29.3 Å². The zero-order valence-corrected chi connectivity index (χ0v) is 15.3. The molecule has 0 fully saturated rings. The Kier molecular flexibility index (Phi) is 6.58. The Bertz CT molecular complexity index is 744. The molecule has 7 heteroatoms. The van der Waals surface area contributed by atoms with Crippen LogP contribution in [0.2, 0.25) is 5.15 Å². The molecule has 25 heavy (non-hydrogen) atoms. The SMILES string of the molecule is CC[C@@H](C)NC(=O)COC(=O)c1c(C)nn(Cc2ccccc2)c1Cl. The number of rotatable bonds is 7. The number of aromatic nitrogens is 2. The maximum Gasteiger partial charge on any atom is 0.343 e. The standard InChI is InChI=1S/C18H22ClN3O3/c1-4-12(2)20-15(23)11-25-18(24)16-13(3)21-22(17(16)19)10-14-8-6-5-7-9-14/h5-9,12H,4,10-11H2,1-3H3,(H,20,23)/t12-/m1/s1. The largest absolute Gasteiger partial charge is 0.452 e. The second-order valence-electron chi connectivity index (χ2n) is 5.85. The average Bonchev–Trinajstić information content (AvgIpc) is 2.87. The van der Waals surface area contributed by atoms with Crippen molar-refractivity contribution in [2.24, 2.45) is 0 Å². The molecule has 1 aromatic heterocycles. The summed E-state index contributed by atoms with van der Waals surface area (Å²) in [6, 6.07) is 9.70. The van der Waals surface area contributed by atoms with E-state index in [1.54, 1.807) is 11.6 Å². The predicted molar refractivity (Wildman–Crippen MR) is 95.7 cm³/mol. The molecule has 1 atom stereocenters. The van der Waals surface area contributed by atoms with E-state index in [2.05, 4.69) is 10.4 Å². The van der Waals surface area contributed by atoms with Crippen molar-refractivity contribution in [2.75, 3.05) is 6.61 Å². The molecule has 0 aliphatic heterocycles. The Morgan fingerprint density at radius 3 is 2.64 bits per heavy atom. The number of esters is 1. The number of amides is 1. The highest BCUT2D eigenvalue weighted by atomic mass is 35.5. The van der Waals surface area contributed by atoms with Crippen molar-refractivity contribution in [2.45, 2.75) is 39.8 Å². The Morgan fingerprint density at radius 1 is 1.32 bits per heavy atom. The molecule has 1 heterocycles. The van der Waals surface area contributed by atoms with E-state index in [4.69, 9.17) is 16.3 Å². The van der Waals surface area contributed by atoms with Crippen molar-refractivity contribution in [3.05, 3.63) is 52.3 Å². The van der Waals surface area contributed by atoms with Gasteiger partial charge in [0.15, 0.2) is 6.61 Å². The fourth-order valence-electron chi connectivity index (χ4n) is 2.27. The number of benzene rings is 1. The van der Waals surface area contributed by atoms with E-state index in [0.717, 1.165) is 12.0 Å². The van der Waals surface area contributed by atoms with Crippen LogP contribution in [0, 0.1) is 6.92 Å². The summed E-state index contributed by atoms with van der Waals surface area (Å²) in [4.78, 5) is 24.0. The fourth-order valence-corrected chi connectivity index (χ4v) is 2.58. The van der Waals surface area contributed by atoms with Crippen molar-refractivity contribution in [3.63, 3.8) is 0 Å². The molecule has 134 valence electrons. The lowest BCUT2D eigenvalue weighted by Gasteiger charge is -2.11. The molecule has 0 spiro atoms. The minimum atomic E-state index is -0.652. The van der Waals surface area contributed by atoms with Crippen LogP contribution in [-0.4, -0.2) is 34.3 Å². The minimum Gasteiger partial charge on any atom is -0.452 e. The number of carbonyl (C=O) groups is 2. The first kappa shape index (κ1) is 19.0. The maximum atomic E-state index is 12.3. The predicted octanol–water partition coefficient (Wildman–Crippen LogP) is 2.96. The highest BCUT2D eigenvalue weighted by molar-refractivity contribution is 6.32. The molecule has 0 radical (unpaired) electrons. The maximum absolute atomic E-state index is 12.3. The zero-order valence-electron chi connectivity index (χ0n) is 14.6. The molecule has 1 amide bonds. The van der Waals surface area contributed by atoms with Gasteiger partial charge in [0.25, 0.3) is 5.91 Å². The summed E-state index contributed by atoms with van der Waals surface area (Å²) in [6.07, 6.45) is 0.802. The van der Waals surface area contributed by atoms with Crippen molar-refractivity contribution < 1.29 is 14.3 Å². The van der Waals surface area contributed by atoms with E-state index in [0.29, 0.717) is 12.2 Å². The lowest BCUT2D eigenvalue weighted by Crippen LogP contribution is -2.35.